The predicted octanol–water partition coefficient (Wildman–Crippen LogP) is 0.653. The number of urea groups is 1. The van der Waals surface area contributed by atoms with Gasteiger partial charge in [0.05, 0.1) is 38.2 Å². The first-order chi connectivity index (χ1) is 10.0. The Labute approximate surface area is 121 Å². The lowest BCUT2D eigenvalue weighted by atomic mass is 10.0. The van der Waals surface area contributed by atoms with Gasteiger partial charge in [0.25, 0.3) is 0 Å². The van der Waals surface area contributed by atoms with Gasteiger partial charge in [-0.25, -0.2) is 9.78 Å². The topological polar surface area (TPSA) is 101 Å². The zero-order chi connectivity index (χ0) is 15.4. The van der Waals surface area contributed by atoms with Crippen molar-refractivity contribution in [3.8, 4) is 5.88 Å². The van der Waals surface area contributed by atoms with Crippen LogP contribution >= 0.6 is 0 Å². The molecule has 0 radical (unpaired) electrons. The molecule has 1 aliphatic rings. The van der Waals surface area contributed by atoms with Crippen molar-refractivity contribution in [2.45, 2.75) is 6.04 Å². The Balaban J connectivity index is 2.00. The number of anilines is 1. The minimum atomic E-state index is -0.969. The quantitative estimate of drug-likeness (QED) is 0.846. The van der Waals surface area contributed by atoms with Crippen LogP contribution in [0.25, 0.3) is 0 Å². The van der Waals surface area contributed by atoms with Crippen LogP contribution in [0.5, 0.6) is 5.88 Å². The lowest BCUT2D eigenvalue weighted by Gasteiger charge is -2.26. The summed E-state index contributed by atoms with van der Waals surface area (Å²) in [5.74, 6) is -1.24. The molecule has 114 valence electrons. The van der Waals surface area contributed by atoms with Gasteiger partial charge in [0.2, 0.25) is 5.88 Å². The number of methoxy groups -OCH3 is 1. The number of carbonyl (C=O) groups excluding carboxylic acids is 1. The van der Waals surface area contributed by atoms with E-state index in [9.17, 15) is 9.59 Å². The second kappa shape index (κ2) is 6.40. The van der Waals surface area contributed by atoms with Crippen molar-refractivity contribution in [3.05, 3.63) is 18.3 Å². The first-order valence-electron chi connectivity index (χ1n) is 6.37. The molecule has 2 heterocycles. The van der Waals surface area contributed by atoms with Gasteiger partial charge < -0.3 is 24.8 Å². The third kappa shape index (κ3) is 3.40. The number of carboxylic acid groups (broad SMARTS) is 1. The van der Waals surface area contributed by atoms with E-state index in [1.54, 1.807) is 19.2 Å². The number of hydrogen-bond donors (Lipinski definition) is 2. The number of likely N-dealkylation sites (N-methyl/N-ethyl adjacent to an activating group) is 1. The van der Waals surface area contributed by atoms with Gasteiger partial charge in [-0.1, -0.05) is 0 Å². The first-order valence-corrected chi connectivity index (χ1v) is 6.37. The molecule has 0 bridgehead atoms. The molecule has 1 saturated heterocycles. The lowest BCUT2D eigenvalue weighted by Crippen LogP contribution is -2.45. The standard InChI is InChI=1S/C13H17N3O5/c1-16(10-7-21-6-9(10)12(17)18)13(19)15-8-3-4-11(20-2)14-5-8/h3-5,9-10H,6-7H2,1-2H3,(H,15,19)(H,17,18). The molecular weight excluding hydrogens is 278 g/mol. The minimum absolute atomic E-state index is 0.113. The molecule has 2 atom stereocenters. The summed E-state index contributed by atoms with van der Waals surface area (Å²) in [4.78, 5) is 28.6. The highest BCUT2D eigenvalue weighted by molar-refractivity contribution is 5.89. The van der Waals surface area contributed by atoms with Crippen molar-refractivity contribution >= 4 is 17.7 Å². The fourth-order valence-corrected chi connectivity index (χ4v) is 2.10. The first kappa shape index (κ1) is 15.0. The average molecular weight is 295 g/mol. The highest BCUT2D eigenvalue weighted by Gasteiger charge is 2.38. The van der Waals surface area contributed by atoms with Crippen LogP contribution in [0.4, 0.5) is 10.5 Å². The summed E-state index contributed by atoms with van der Waals surface area (Å²) in [5.41, 5.74) is 0.499. The number of rotatable bonds is 4. The number of carbonyl (C=O) groups is 2. The molecule has 0 spiro atoms. The number of aliphatic carboxylic acids is 1. The molecule has 0 saturated carbocycles. The van der Waals surface area contributed by atoms with Crippen LogP contribution in [-0.2, 0) is 9.53 Å². The Hall–Kier alpha value is -2.35. The second-order valence-corrected chi connectivity index (χ2v) is 4.68. The van der Waals surface area contributed by atoms with Crippen LogP contribution in [0.3, 0.4) is 0 Å². The van der Waals surface area contributed by atoms with Crippen molar-refractivity contribution in [1.82, 2.24) is 9.88 Å². The van der Waals surface area contributed by atoms with E-state index in [4.69, 9.17) is 14.6 Å². The average Bonchev–Trinajstić information content (AvgIpc) is 2.96. The van der Waals surface area contributed by atoms with Crippen LogP contribution in [0, 0.1) is 5.92 Å². The smallest absolute Gasteiger partial charge is 0.321 e. The van der Waals surface area contributed by atoms with Gasteiger partial charge in [0, 0.05) is 13.1 Å². The number of nitrogens with one attached hydrogen (secondary N) is 1. The molecule has 2 unspecified atom stereocenters. The van der Waals surface area contributed by atoms with Gasteiger partial charge in [0.15, 0.2) is 0 Å². The van der Waals surface area contributed by atoms with Gasteiger partial charge in [0.1, 0.15) is 5.92 Å². The van der Waals surface area contributed by atoms with Gasteiger partial charge in [-0.2, -0.15) is 0 Å². The maximum Gasteiger partial charge on any atom is 0.321 e. The van der Waals surface area contributed by atoms with Crippen LogP contribution in [-0.4, -0.2) is 60.4 Å². The van der Waals surface area contributed by atoms with E-state index >= 15 is 0 Å². The highest BCUT2D eigenvalue weighted by atomic mass is 16.5. The van der Waals surface area contributed by atoms with E-state index in [1.165, 1.54) is 18.2 Å². The number of ether oxygens (including phenoxy) is 2. The minimum Gasteiger partial charge on any atom is -0.481 e. The summed E-state index contributed by atoms with van der Waals surface area (Å²) in [6.07, 6.45) is 1.46. The summed E-state index contributed by atoms with van der Waals surface area (Å²) in [6, 6.07) is 2.36. The Morgan fingerprint density at radius 3 is 2.81 bits per heavy atom. The lowest BCUT2D eigenvalue weighted by molar-refractivity contribution is -0.142. The summed E-state index contributed by atoms with van der Waals surface area (Å²) in [7, 11) is 3.04. The summed E-state index contributed by atoms with van der Waals surface area (Å²) < 4.78 is 10.1. The molecule has 2 rings (SSSR count). The van der Waals surface area contributed by atoms with Crippen LogP contribution < -0.4 is 10.1 Å². The van der Waals surface area contributed by atoms with Crippen molar-refractivity contribution in [2.75, 3.05) is 32.7 Å². The third-order valence-corrected chi connectivity index (χ3v) is 3.38. The number of amides is 2. The van der Waals surface area contributed by atoms with Crippen LogP contribution in [0.1, 0.15) is 0 Å². The molecule has 0 aromatic carbocycles. The Kier molecular flexibility index (Phi) is 4.59. The zero-order valence-electron chi connectivity index (χ0n) is 11.8. The van der Waals surface area contributed by atoms with E-state index in [0.29, 0.717) is 11.6 Å². The largest absolute Gasteiger partial charge is 0.481 e. The van der Waals surface area contributed by atoms with E-state index in [1.807, 2.05) is 0 Å². The summed E-state index contributed by atoms with van der Waals surface area (Å²) >= 11 is 0. The van der Waals surface area contributed by atoms with Crippen molar-refractivity contribution in [1.29, 1.82) is 0 Å². The summed E-state index contributed by atoms with van der Waals surface area (Å²) in [5, 5.41) is 11.7. The van der Waals surface area contributed by atoms with Gasteiger partial charge >= 0.3 is 12.0 Å². The van der Waals surface area contributed by atoms with Crippen molar-refractivity contribution in [2.24, 2.45) is 5.92 Å². The molecule has 1 aromatic rings. The maximum atomic E-state index is 12.1. The van der Waals surface area contributed by atoms with Gasteiger partial charge in [-0.05, 0) is 6.07 Å². The second-order valence-electron chi connectivity index (χ2n) is 4.68. The van der Waals surface area contributed by atoms with E-state index < -0.39 is 24.0 Å². The normalized spacial score (nSPS) is 20.9. The molecule has 1 aliphatic heterocycles. The highest BCUT2D eigenvalue weighted by Crippen LogP contribution is 2.20. The van der Waals surface area contributed by atoms with E-state index in [-0.39, 0.29) is 13.2 Å². The van der Waals surface area contributed by atoms with E-state index in [0.717, 1.165) is 0 Å². The molecule has 21 heavy (non-hydrogen) atoms. The number of carboxylic acids is 1. The van der Waals surface area contributed by atoms with Crippen LogP contribution in [0.15, 0.2) is 18.3 Å². The molecule has 2 amide bonds. The third-order valence-electron chi connectivity index (χ3n) is 3.38. The number of aromatic nitrogens is 1. The zero-order valence-corrected chi connectivity index (χ0v) is 11.8. The number of nitrogens with zero attached hydrogens (tertiary/aromatic N) is 2. The van der Waals surface area contributed by atoms with Gasteiger partial charge in [-0.3, -0.25) is 4.79 Å². The number of pyridine rings is 1. The molecular formula is C13H17N3O5. The van der Waals surface area contributed by atoms with Gasteiger partial charge in [-0.15, -0.1) is 0 Å². The predicted molar refractivity (Wildman–Crippen MR) is 73.3 cm³/mol. The summed E-state index contributed by atoms with van der Waals surface area (Å²) in [6.45, 7) is 0.323. The van der Waals surface area contributed by atoms with Crippen molar-refractivity contribution < 1.29 is 24.2 Å². The molecule has 0 aliphatic carbocycles. The Morgan fingerprint density at radius 2 is 2.24 bits per heavy atom. The molecule has 8 heteroatoms. The van der Waals surface area contributed by atoms with Crippen molar-refractivity contribution in [3.63, 3.8) is 0 Å². The Bertz CT molecular complexity index is 519. The molecule has 1 fully saturated rings. The molecule has 2 N–H and O–H groups in total. The van der Waals surface area contributed by atoms with Crippen LogP contribution in [0.2, 0.25) is 0 Å². The SMILES string of the molecule is COc1ccc(NC(=O)N(C)C2COCC2C(=O)O)cn1. The number of hydrogen-bond acceptors (Lipinski definition) is 5. The maximum absolute atomic E-state index is 12.1. The monoisotopic (exact) mass is 295 g/mol. The Morgan fingerprint density at radius 1 is 1.48 bits per heavy atom. The molecule has 1 aromatic heterocycles. The fourth-order valence-electron chi connectivity index (χ4n) is 2.10. The van der Waals surface area contributed by atoms with E-state index in [2.05, 4.69) is 10.3 Å². The fraction of sp³-hybridized carbons (Fsp3) is 0.462. The molecule has 8 nitrogen and oxygen atoms in total.